The average molecular weight is 142 g/mol. The van der Waals surface area contributed by atoms with Crippen molar-refractivity contribution in [2.24, 2.45) is 0 Å². The molecular weight excluding hydrogens is 135 g/mol. The summed E-state index contributed by atoms with van der Waals surface area (Å²) in [6.07, 6.45) is 0. The molecule has 0 aromatic heterocycles. The van der Waals surface area contributed by atoms with Crippen LogP contribution in [0.2, 0.25) is 0 Å². The first-order chi connectivity index (χ1) is 3.11. The van der Waals surface area contributed by atoms with E-state index in [1.165, 1.54) is 0 Å². The Hall–Kier alpha value is 0.464. The van der Waals surface area contributed by atoms with Crippen molar-refractivity contribution < 1.29 is 28.6 Å². The van der Waals surface area contributed by atoms with Crippen molar-refractivity contribution >= 4 is 0 Å². The summed E-state index contributed by atoms with van der Waals surface area (Å²) in [5.74, 6) is 0. The Morgan fingerprint density at radius 1 is 1.43 bits per heavy atom. The van der Waals surface area contributed by atoms with Gasteiger partial charge in [0.05, 0.1) is 0 Å². The fourth-order valence-electron chi connectivity index (χ4n) is 0.199. The molecule has 42 valence electrons. The molecule has 3 nitrogen and oxygen atoms in total. The number of hydrogen-bond donors (Lipinski definition) is 1. The van der Waals surface area contributed by atoms with Gasteiger partial charge in [-0.25, -0.2) is 0 Å². The summed E-state index contributed by atoms with van der Waals surface area (Å²) >= 11 is -1.61. The third-order valence-corrected chi connectivity index (χ3v) is 2.46. The zero-order valence-electron chi connectivity index (χ0n) is 4.21. The normalized spacial score (nSPS) is 22.7. The van der Waals surface area contributed by atoms with Crippen molar-refractivity contribution in [3.8, 4) is 0 Å². The first-order valence-electron chi connectivity index (χ1n) is 1.98. The molecule has 1 N–H and O–H groups in total. The molecule has 7 heavy (non-hydrogen) atoms. The molecule has 0 unspecified atom stereocenters. The van der Waals surface area contributed by atoms with E-state index in [1.54, 1.807) is 13.8 Å². The fraction of sp³-hybridized carbons (Fsp3) is 1.00. The van der Waals surface area contributed by atoms with Crippen LogP contribution in [0.4, 0.5) is 0 Å². The second-order valence-electron chi connectivity index (χ2n) is 1.90. The van der Waals surface area contributed by atoms with E-state index in [1.807, 2.05) is 0 Å². The SMILES string of the molecule is C[C](C)(O)[V]1[O][O]1. The number of rotatable bonds is 1. The molecule has 1 saturated heterocycles. The van der Waals surface area contributed by atoms with Crippen molar-refractivity contribution in [1.82, 2.24) is 0 Å². The topological polar surface area (TPSA) is 45.3 Å². The van der Waals surface area contributed by atoms with Crippen molar-refractivity contribution in [3.05, 3.63) is 0 Å². The first kappa shape index (κ1) is 5.60. The molecule has 1 aliphatic heterocycles. The molecule has 4 heteroatoms. The minimum absolute atomic E-state index is 0.688. The van der Waals surface area contributed by atoms with Gasteiger partial charge in [-0.15, -0.1) is 0 Å². The van der Waals surface area contributed by atoms with Gasteiger partial charge in [0.15, 0.2) is 0 Å². The zero-order valence-corrected chi connectivity index (χ0v) is 5.61. The third-order valence-electron chi connectivity index (χ3n) is 0.596. The molecule has 0 aromatic carbocycles. The predicted molar refractivity (Wildman–Crippen MR) is 18.5 cm³/mol. The van der Waals surface area contributed by atoms with Gasteiger partial charge in [0, 0.05) is 0 Å². The van der Waals surface area contributed by atoms with Crippen LogP contribution in [0.5, 0.6) is 0 Å². The zero-order chi connectivity index (χ0) is 5.49. The first-order valence-corrected chi connectivity index (χ1v) is 3.82. The molecule has 0 spiro atoms. The Morgan fingerprint density at radius 3 is 1.86 bits per heavy atom. The van der Waals surface area contributed by atoms with Crippen LogP contribution >= 0.6 is 0 Å². The summed E-state index contributed by atoms with van der Waals surface area (Å²) in [7, 11) is 0. The average Bonchev–Trinajstić information content (AvgIpc) is 1.99. The molecule has 1 aliphatic rings. The second kappa shape index (κ2) is 1.47. The monoisotopic (exact) mass is 142 g/mol. The quantitative estimate of drug-likeness (QED) is 0.418. The van der Waals surface area contributed by atoms with Crippen LogP contribution in [0.3, 0.4) is 0 Å². The molecule has 1 fully saturated rings. The van der Waals surface area contributed by atoms with Gasteiger partial charge >= 0.3 is 46.8 Å². The van der Waals surface area contributed by atoms with Crippen LogP contribution in [0.25, 0.3) is 0 Å². The van der Waals surface area contributed by atoms with E-state index in [0.717, 1.165) is 0 Å². The van der Waals surface area contributed by atoms with Gasteiger partial charge in [-0.05, 0) is 0 Å². The summed E-state index contributed by atoms with van der Waals surface area (Å²) in [4.78, 5) is 0. The third kappa shape index (κ3) is 1.44. The Balaban J connectivity index is 2.36. The van der Waals surface area contributed by atoms with Gasteiger partial charge in [0.2, 0.25) is 0 Å². The van der Waals surface area contributed by atoms with E-state index in [9.17, 15) is 0 Å². The summed E-state index contributed by atoms with van der Waals surface area (Å²) in [5.41, 5.74) is 0. The van der Waals surface area contributed by atoms with Gasteiger partial charge in [-0.2, -0.15) is 0 Å². The van der Waals surface area contributed by atoms with Crippen LogP contribution in [0, 0.1) is 0 Å². The predicted octanol–water partition coefficient (Wildman–Crippen LogP) is 0.125. The molecular formula is C3H7O3V. The van der Waals surface area contributed by atoms with Crippen LogP contribution in [0.1, 0.15) is 13.8 Å². The minimum atomic E-state index is -1.61. The molecule has 1 heterocycles. The molecule has 1 rings (SSSR count). The molecule has 0 amide bonds. The standard InChI is InChI=1S/C3H7O.O2.V/c1-3(2)4;1-2;/h4H,1-2H3;;/q;-2;+2. The van der Waals surface area contributed by atoms with Gasteiger partial charge in [-0.1, -0.05) is 0 Å². The molecule has 0 aliphatic carbocycles. The van der Waals surface area contributed by atoms with Gasteiger partial charge in [0.25, 0.3) is 0 Å². The van der Waals surface area contributed by atoms with E-state index in [2.05, 4.69) is 7.63 Å². The summed E-state index contributed by atoms with van der Waals surface area (Å²) in [5, 5.41) is 8.97. The second-order valence-corrected chi connectivity index (χ2v) is 4.88. The van der Waals surface area contributed by atoms with Crippen LogP contribution in [0.15, 0.2) is 0 Å². The summed E-state index contributed by atoms with van der Waals surface area (Å²) < 4.78 is 8.25. The van der Waals surface area contributed by atoms with Crippen molar-refractivity contribution in [2.45, 2.75) is 18.2 Å². The van der Waals surface area contributed by atoms with Crippen molar-refractivity contribution in [1.29, 1.82) is 0 Å². The number of aliphatic hydroxyl groups is 1. The van der Waals surface area contributed by atoms with E-state index < -0.39 is 20.2 Å². The summed E-state index contributed by atoms with van der Waals surface area (Å²) in [6, 6.07) is 0. The van der Waals surface area contributed by atoms with Crippen LogP contribution < -0.4 is 0 Å². The Labute approximate surface area is 47.4 Å². The molecule has 0 radical (unpaired) electrons. The van der Waals surface area contributed by atoms with Gasteiger partial charge in [-0.3, -0.25) is 0 Å². The van der Waals surface area contributed by atoms with E-state index in [4.69, 9.17) is 5.11 Å². The fourth-order valence-corrected chi connectivity index (χ4v) is 1.04. The molecule has 0 aromatic rings. The Morgan fingerprint density at radius 2 is 1.86 bits per heavy atom. The van der Waals surface area contributed by atoms with Crippen LogP contribution in [-0.2, 0) is 23.5 Å². The van der Waals surface area contributed by atoms with E-state index in [-0.39, 0.29) is 0 Å². The van der Waals surface area contributed by atoms with Crippen molar-refractivity contribution in [3.63, 3.8) is 0 Å². The maximum absolute atomic E-state index is 8.97. The molecule has 0 bridgehead atoms. The molecule has 0 atom stereocenters. The molecule has 0 saturated carbocycles. The Kier molecular flexibility index (Phi) is 1.17. The number of hydrogen-bond acceptors (Lipinski definition) is 3. The van der Waals surface area contributed by atoms with E-state index >= 15 is 0 Å². The van der Waals surface area contributed by atoms with Gasteiger partial charge < -0.3 is 0 Å². The van der Waals surface area contributed by atoms with Gasteiger partial charge in [0.1, 0.15) is 0 Å². The van der Waals surface area contributed by atoms with Crippen molar-refractivity contribution in [2.75, 3.05) is 0 Å². The summed E-state index contributed by atoms with van der Waals surface area (Å²) in [6.45, 7) is 3.39. The Bertz CT molecular complexity index is 72.7. The van der Waals surface area contributed by atoms with Crippen LogP contribution in [-0.4, -0.2) is 9.42 Å². The van der Waals surface area contributed by atoms with E-state index in [0.29, 0.717) is 0 Å². The maximum atomic E-state index is 8.97.